The van der Waals surface area contributed by atoms with Crippen LogP contribution in [0, 0.1) is 0 Å². The summed E-state index contributed by atoms with van der Waals surface area (Å²) in [6.45, 7) is 1.88. The number of hydrogen-bond donors (Lipinski definition) is 1. The number of allylic oxidation sites excluding steroid dienone is 3. The lowest BCUT2D eigenvalue weighted by Gasteiger charge is -2.35. The number of halogens is 2. The van der Waals surface area contributed by atoms with Crippen LogP contribution in [-0.4, -0.2) is 17.9 Å². The van der Waals surface area contributed by atoms with Gasteiger partial charge >= 0.3 is 5.97 Å². The normalized spacial score (nSPS) is 23.0. The van der Waals surface area contributed by atoms with E-state index < -0.39 is 5.92 Å². The summed E-state index contributed by atoms with van der Waals surface area (Å²) in [6.07, 6.45) is 7.19. The van der Waals surface area contributed by atoms with Crippen molar-refractivity contribution in [3.05, 3.63) is 56.3 Å². The van der Waals surface area contributed by atoms with Crippen molar-refractivity contribution in [3.8, 4) is 0 Å². The van der Waals surface area contributed by atoms with Crippen LogP contribution in [0.15, 0.2) is 40.7 Å². The van der Waals surface area contributed by atoms with Crippen molar-refractivity contribution in [2.24, 2.45) is 0 Å². The van der Waals surface area contributed by atoms with E-state index in [-0.39, 0.29) is 17.9 Å². The first-order chi connectivity index (χ1) is 14.0. The van der Waals surface area contributed by atoms with E-state index in [0.29, 0.717) is 27.6 Å². The second-order valence-corrected chi connectivity index (χ2v) is 8.92. The molecule has 3 aliphatic rings. The molecule has 154 valence electrons. The molecule has 4 nitrogen and oxygen atoms in total. The maximum Gasteiger partial charge on any atom is 0.337 e. The molecule has 1 aromatic carbocycles. The Morgan fingerprint density at radius 2 is 1.83 bits per heavy atom. The van der Waals surface area contributed by atoms with Crippen molar-refractivity contribution < 1.29 is 14.3 Å². The Kier molecular flexibility index (Phi) is 6.03. The molecule has 1 aliphatic heterocycles. The van der Waals surface area contributed by atoms with Crippen LogP contribution in [0.2, 0.25) is 10.0 Å². The van der Waals surface area contributed by atoms with Gasteiger partial charge in [0.25, 0.3) is 0 Å². The molecule has 0 aromatic heterocycles. The average molecular weight is 434 g/mol. The Hall–Kier alpha value is -1.78. The Morgan fingerprint density at radius 3 is 2.55 bits per heavy atom. The van der Waals surface area contributed by atoms with E-state index in [0.717, 1.165) is 55.5 Å². The topological polar surface area (TPSA) is 55.4 Å². The quantitative estimate of drug-likeness (QED) is 0.608. The van der Waals surface area contributed by atoms with Gasteiger partial charge in [0, 0.05) is 29.3 Å². The Balaban J connectivity index is 1.75. The van der Waals surface area contributed by atoms with Gasteiger partial charge in [-0.3, -0.25) is 4.79 Å². The van der Waals surface area contributed by atoms with Gasteiger partial charge in [0.05, 0.1) is 15.6 Å². The second-order valence-electron chi connectivity index (χ2n) is 8.10. The molecule has 0 radical (unpaired) electrons. The van der Waals surface area contributed by atoms with Crippen LogP contribution in [0.25, 0.3) is 0 Å². The third-order valence-corrected chi connectivity index (χ3v) is 6.84. The SMILES string of the molecule is CC1=C(C(=O)OC2CCCCC2)C(c2ccc(Cl)c(Cl)c2)C2=C(CCCC2=O)N1. The van der Waals surface area contributed by atoms with Crippen molar-refractivity contribution in [1.82, 2.24) is 5.32 Å². The summed E-state index contributed by atoms with van der Waals surface area (Å²) in [5.74, 6) is -0.752. The maximum atomic E-state index is 13.3. The zero-order valence-electron chi connectivity index (χ0n) is 16.5. The summed E-state index contributed by atoms with van der Waals surface area (Å²) in [5, 5.41) is 4.17. The van der Waals surface area contributed by atoms with Crippen molar-refractivity contribution >= 4 is 35.0 Å². The lowest BCUT2D eigenvalue weighted by molar-refractivity contribution is -0.146. The van der Waals surface area contributed by atoms with Gasteiger partial charge in [-0.1, -0.05) is 35.7 Å². The lowest BCUT2D eigenvalue weighted by Crippen LogP contribution is -2.35. The predicted molar refractivity (Wildman–Crippen MR) is 114 cm³/mol. The van der Waals surface area contributed by atoms with E-state index in [2.05, 4.69) is 5.32 Å². The van der Waals surface area contributed by atoms with Crippen LogP contribution < -0.4 is 5.32 Å². The number of hydrogen-bond acceptors (Lipinski definition) is 4. The zero-order chi connectivity index (χ0) is 20.5. The predicted octanol–water partition coefficient (Wildman–Crippen LogP) is 5.84. The smallest absolute Gasteiger partial charge is 0.337 e. The fourth-order valence-electron chi connectivity index (χ4n) is 4.68. The molecule has 1 saturated carbocycles. The Labute approximate surface area is 181 Å². The number of nitrogens with one attached hydrogen (secondary N) is 1. The number of ketones is 1. The number of benzene rings is 1. The maximum absolute atomic E-state index is 13.3. The molecule has 0 spiro atoms. The summed E-state index contributed by atoms with van der Waals surface area (Å²) >= 11 is 12.4. The van der Waals surface area contributed by atoms with Crippen LogP contribution in [0.4, 0.5) is 0 Å². The molecule has 1 unspecified atom stereocenters. The minimum absolute atomic E-state index is 0.0524. The summed E-state index contributed by atoms with van der Waals surface area (Å²) in [4.78, 5) is 26.2. The van der Waals surface area contributed by atoms with Crippen LogP contribution in [-0.2, 0) is 14.3 Å². The average Bonchev–Trinajstić information content (AvgIpc) is 2.70. The third kappa shape index (κ3) is 4.10. The van der Waals surface area contributed by atoms with Crippen LogP contribution in [0.3, 0.4) is 0 Å². The standard InChI is InChI=1S/C23H25Cl2NO3/c1-13-20(23(28)29-15-6-3-2-4-7-15)21(14-10-11-16(24)17(25)12-14)22-18(26-13)8-5-9-19(22)27/h10-12,15,21,26H,2-9H2,1H3. The van der Waals surface area contributed by atoms with Gasteiger partial charge in [0.2, 0.25) is 0 Å². The van der Waals surface area contributed by atoms with Crippen molar-refractivity contribution in [2.45, 2.75) is 70.3 Å². The van der Waals surface area contributed by atoms with Crippen LogP contribution >= 0.6 is 23.2 Å². The monoisotopic (exact) mass is 433 g/mol. The molecule has 0 amide bonds. The largest absolute Gasteiger partial charge is 0.459 e. The number of esters is 1. The fraction of sp³-hybridized carbons (Fsp3) is 0.478. The molecule has 1 atom stereocenters. The highest BCUT2D eigenvalue weighted by molar-refractivity contribution is 6.42. The molecule has 1 heterocycles. The van der Waals surface area contributed by atoms with Crippen LogP contribution in [0.5, 0.6) is 0 Å². The summed E-state index contributed by atoms with van der Waals surface area (Å²) in [5.41, 5.74) is 3.61. The van der Waals surface area contributed by atoms with Gasteiger partial charge in [-0.05, 0) is 63.1 Å². The first-order valence-corrected chi connectivity index (χ1v) is 11.1. The molecule has 1 aromatic rings. The summed E-state index contributed by atoms with van der Waals surface area (Å²) in [6, 6.07) is 5.32. The zero-order valence-corrected chi connectivity index (χ0v) is 18.0. The summed E-state index contributed by atoms with van der Waals surface area (Å²) < 4.78 is 5.89. The molecule has 29 heavy (non-hydrogen) atoms. The number of ether oxygens (including phenoxy) is 1. The minimum Gasteiger partial charge on any atom is -0.459 e. The van der Waals surface area contributed by atoms with Crippen molar-refractivity contribution in [2.75, 3.05) is 0 Å². The van der Waals surface area contributed by atoms with E-state index in [1.54, 1.807) is 12.1 Å². The number of rotatable bonds is 3. The molecule has 1 fully saturated rings. The highest BCUT2D eigenvalue weighted by Crippen LogP contribution is 2.44. The summed E-state index contributed by atoms with van der Waals surface area (Å²) in [7, 11) is 0. The lowest BCUT2D eigenvalue weighted by atomic mass is 9.75. The molecule has 2 aliphatic carbocycles. The van der Waals surface area contributed by atoms with E-state index in [1.165, 1.54) is 6.42 Å². The number of Topliss-reactive ketones (excluding diaryl/α,β-unsaturated/α-hetero) is 1. The van der Waals surface area contributed by atoms with Crippen molar-refractivity contribution in [1.29, 1.82) is 0 Å². The van der Waals surface area contributed by atoms with E-state index in [4.69, 9.17) is 27.9 Å². The second kappa shape index (κ2) is 8.53. The van der Waals surface area contributed by atoms with Crippen LogP contribution in [0.1, 0.15) is 69.8 Å². The van der Waals surface area contributed by atoms with E-state index in [1.807, 2.05) is 13.0 Å². The van der Waals surface area contributed by atoms with E-state index in [9.17, 15) is 9.59 Å². The fourth-order valence-corrected chi connectivity index (χ4v) is 4.98. The Morgan fingerprint density at radius 1 is 1.07 bits per heavy atom. The number of carbonyl (C=O) groups is 2. The van der Waals surface area contributed by atoms with Gasteiger partial charge in [-0.2, -0.15) is 0 Å². The molecular formula is C23H25Cl2NO3. The third-order valence-electron chi connectivity index (χ3n) is 6.10. The molecule has 4 rings (SSSR count). The first kappa shape index (κ1) is 20.5. The highest BCUT2D eigenvalue weighted by atomic mass is 35.5. The highest BCUT2D eigenvalue weighted by Gasteiger charge is 2.39. The molecule has 0 bridgehead atoms. The minimum atomic E-state index is -0.482. The molecule has 0 saturated heterocycles. The molecular weight excluding hydrogens is 409 g/mol. The van der Waals surface area contributed by atoms with E-state index >= 15 is 0 Å². The van der Waals surface area contributed by atoms with Gasteiger partial charge < -0.3 is 10.1 Å². The number of carbonyl (C=O) groups excluding carboxylic acids is 2. The Bertz CT molecular complexity index is 913. The van der Waals surface area contributed by atoms with Gasteiger partial charge in [0.15, 0.2) is 5.78 Å². The molecule has 1 N–H and O–H groups in total. The first-order valence-electron chi connectivity index (χ1n) is 10.4. The van der Waals surface area contributed by atoms with Gasteiger partial charge in [-0.15, -0.1) is 0 Å². The van der Waals surface area contributed by atoms with Gasteiger partial charge in [-0.25, -0.2) is 4.79 Å². The van der Waals surface area contributed by atoms with Crippen molar-refractivity contribution in [3.63, 3.8) is 0 Å². The molecule has 6 heteroatoms. The van der Waals surface area contributed by atoms with Gasteiger partial charge in [0.1, 0.15) is 6.10 Å². The number of dihydropyridines is 1.